The van der Waals surface area contributed by atoms with E-state index in [0.717, 1.165) is 68.4 Å². The van der Waals surface area contributed by atoms with E-state index in [1.165, 1.54) is 6.42 Å². The zero-order valence-electron chi connectivity index (χ0n) is 17.1. The molecular formula is C22H33NO4S. The van der Waals surface area contributed by atoms with Crippen molar-refractivity contribution < 1.29 is 18.9 Å². The molecule has 1 N–H and O–H groups in total. The van der Waals surface area contributed by atoms with Gasteiger partial charge in [-0.1, -0.05) is 64.2 Å². The van der Waals surface area contributed by atoms with Gasteiger partial charge in [-0.2, -0.15) is 0 Å². The van der Waals surface area contributed by atoms with Crippen molar-refractivity contribution in [1.29, 1.82) is 0 Å². The van der Waals surface area contributed by atoms with Crippen LogP contribution in [0.1, 0.15) is 64.4 Å². The second-order valence-corrected chi connectivity index (χ2v) is 8.27. The lowest BCUT2D eigenvalue weighted by Crippen LogP contribution is -2.40. The van der Waals surface area contributed by atoms with Gasteiger partial charge in [-0.15, -0.1) is 0 Å². The standard InChI is InChI=1S/C22H33NO4S/c1-3-17(4-2)14-23(22(26)18-10-6-5-7-11-18)20-13-9-8-12-19(20)15-27-28-16-21(24)25/h8-9,12-13,17-18H,3-7,10-11,14-16H2,1-2H3,(H,24,25). The predicted octanol–water partition coefficient (Wildman–Crippen LogP) is 5.29. The Morgan fingerprint density at radius 2 is 1.86 bits per heavy atom. The lowest BCUT2D eigenvalue weighted by Gasteiger charge is -2.33. The van der Waals surface area contributed by atoms with Gasteiger partial charge in [0, 0.05) is 35.8 Å². The maximum atomic E-state index is 13.4. The fraction of sp³-hybridized carbons (Fsp3) is 0.636. The third-order valence-electron chi connectivity index (χ3n) is 5.58. The van der Waals surface area contributed by atoms with Crippen LogP contribution in [-0.4, -0.2) is 29.3 Å². The molecule has 1 fully saturated rings. The zero-order valence-corrected chi connectivity index (χ0v) is 17.9. The topological polar surface area (TPSA) is 66.8 Å². The molecule has 156 valence electrons. The Morgan fingerprint density at radius 3 is 2.50 bits per heavy atom. The van der Waals surface area contributed by atoms with E-state index in [-0.39, 0.29) is 24.2 Å². The Bertz CT molecular complexity index is 627. The molecule has 0 aromatic heterocycles. The maximum absolute atomic E-state index is 13.4. The molecule has 1 saturated carbocycles. The van der Waals surface area contributed by atoms with Gasteiger partial charge in [0.2, 0.25) is 5.91 Å². The Balaban J connectivity index is 2.21. The summed E-state index contributed by atoms with van der Waals surface area (Å²) in [6, 6.07) is 7.84. The van der Waals surface area contributed by atoms with Crippen LogP contribution in [0.5, 0.6) is 0 Å². The number of para-hydroxylation sites is 1. The average Bonchev–Trinajstić information content (AvgIpc) is 2.73. The fourth-order valence-corrected chi connectivity index (χ4v) is 4.17. The maximum Gasteiger partial charge on any atom is 0.315 e. The van der Waals surface area contributed by atoms with E-state index in [4.69, 9.17) is 9.29 Å². The minimum atomic E-state index is -0.902. The Labute approximate surface area is 173 Å². The van der Waals surface area contributed by atoms with E-state index >= 15 is 0 Å². The third-order valence-corrected chi connectivity index (χ3v) is 6.23. The Kier molecular flexibility index (Phi) is 9.85. The van der Waals surface area contributed by atoms with Crippen LogP contribution >= 0.6 is 12.0 Å². The number of hydrogen-bond acceptors (Lipinski definition) is 4. The highest BCUT2D eigenvalue weighted by atomic mass is 32.2. The van der Waals surface area contributed by atoms with Gasteiger partial charge in [0.05, 0.1) is 6.61 Å². The minimum Gasteiger partial charge on any atom is -0.481 e. The molecule has 5 nitrogen and oxygen atoms in total. The Hall–Kier alpha value is -1.53. The van der Waals surface area contributed by atoms with E-state index in [1.807, 2.05) is 29.2 Å². The molecule has 0 atom stereocenters. The van der Waals surface area contributed by atoms with Gasteiger partial charge >= 0.3 is 5.97 Å². The number of anilines is 1. The monoisotopic (exact) mass is 407 g/mol. The normalized spacial score (nSPS) is 15.0. The molecule has 6 heteroatoms. The molecule has 1 amide bonds. The van der Waals surface area contributed by atoms with Crippen LogP contribution in [0.15, 0.2) is 24.3 Å². The average molecular weight is 408 g/mol. The quantitative estimate of drug-likeness (QED) is 0.399. The third kappa shape index (κ3) is 6.82. The molecule has 1 aliphatic carbocycles. The molecule has 1 aromatic carbocycles. The summed E-state index contributed by atoms with van der Waals surface area (Å²) in [6.07, 6.45) is 7.52. The van der Waals surface area contributed by atoms with Crippen molar-refractivity contribution in [3.8, 4) is 0 Å². The smallest absolute Gasteiger partial charge is 0.315 e. The number of amides is 1. The molecule has 0 radical (unpaired) electrons. The van der Waals surface area contributed by atoms with Crippen LogP contribution in [0.4, 0.5) is 5.69 Å². The fourth-order valence-electron chi connectivity index (χ4n) is 3.78. The van der Waals surface area contributed by atoms with Gasteiger partial charge < -0.3 is 14.2 Å². The van der Waals surface area contributed by atoms with Crippen molar-refractivity contribution in [3.05, 3.63) is 29.8 Å². The first-order valence-electron chi connectivity index (χ1n) is 10.4. The number of carboxylic acids is 1. The first-order valence-corrected chi connectivity index (χ1v) is 11.3. The van der Waals surface area contributed by atoms with Gasteiger partial charge in [-0.3, -0.25) is 9.59 Å². The summed E-state index contributed by atoms with van der Waals surface area (Å²) in [5.41, 5.74) is 1.83. The number of benzene rings is 1. The van der Waals surface area contributed by atoms with Crippen LogP contribution in [-0.2, 0) is 20.4 Å². The van der Waals surface area contributed by atoms with Crippen molar-refractivity contribution in [2.75, 3.05) is 17.2 Å². The molecular weight excluding hydrogens is 374 g/mol. The second-order valence-electron chi connectivity index (χ2n) is 7.51. The van der Waals surface area contributed by atoms with Crippen molar-refractivity contribution in [3.63, 3.8) is 0 Å². The zero-order chi connectivity index (χ0) is 20.4. The van der Waals surface area contributed by atoms with Gasteiger partial charge in [0.15, 0.2) is 0 Å². The van der Waals surface area contributed by atoms with Gasteiger partial charge in [-0.25, -0.2) is 0 Å². The molecule has 0 aliphatic heterocycles. The van der Waals surface area contributed by atoms with E-state index in [1.54, 1.807) is 0 Å². The summed E-state index contributed by atoms with van der Waals surface area (Å²) < 4.78 is 5.50. The molecule has 0 saturated heterocycles. The van der Waals surface area contributed by atoms with Crippen molar-refractivity contribution >= 4 is 29.6 Å². The van der Waals surface area contributed by atoms with Gasteiger partial charge in [0.25, 0.3) is 0 Å². The molecule has 0 bridgehead atoms. The largest absolute Gasteiger partial charge is 0.481 e. The van der Waals surface area contributed by atoms with Crippen LogP contribution < -0.4 is 4.90 Å². The summed E-state index contributed by atoms with van der Waals surface area (Å²) >= 11 is 0.933. The highest BCUT2D eigenvalue weighted by Gasteiger charge is 2.29. The second kappa shape index (κ2) is 12.1. The highest BCUT2D eigenvalue weighted by molar-refractivity contribution is 7.95. The van der Waals surface area contributed by atoms with E-state index in [9.17, 15) is 9.59 Å². The van der Waals surface area contributed by atoms with Crippen molar-refractivity contribution in [2.24, 2.45) is 11.8 Å². The number of aliphatic carboxylic acids is 1. The molecule has 2 rings (SSSR count). The molecule has 1 aliphatic rings. The summed E-state index contributed by atoms with van der Waals surface area (Å²) in [5, 5.41) is 8.77. The summed E-state index contributed by atoms with van der Waals surface area (Å²) in [5.74, 6) is -0.194. The first kappa shape index (κ1) is 22.8. The molecule has 1 aromatic rings. The summed E-state index contributed by atoms with van der Waals surface area (Å²) in [6.45, 7) is 5.36. The highest BCUT2D eigenvalue weighted by Crippen LogP contribution is 2.31. The molecule has 0 spiro atoms. The van der Waals surface area contributed by atoms with Gasteiger partial charge in [0.1, 0.15) is 5.75 Å². The minimum absolute atomic E-state index is 0.0966. The lowest BCUT2D eigenvalue weighted by molar-refractivity contribution is -0.134. The number of carbonyl (C=O) groups excluding carboxylic acids is 1. The van der Waals surface area contributed by atoms with Crippen LogP contribution in [0.3, 0.4) is 0 Å². The van der Waals surface area contributed by atoms with Crippen LogP contribution in [0.2, 0.25) is 0 Å². The summed E-state index contributed by atoms with van der Waals surface area (Å²) in [7, 11) is 0. The van der Waals surface area contributed by atoms with Gasteiger partial charge in [-0.05, 0) is 24.8 Å². The van der Waals surface area contributed by atoms with Crippen LogP contribution in [0, 0.1) is 11.8 Å². The number of nitrogens with zero attached hydrogens (tertiary/aromatic N) is 1. The Morgan fingerprint density at radius 1 is 1.18 bits per heavy atom. The first-order chi connectivity index (χ1) is 13.6. The summed E-state index contributed by atoms with van der Waals surface area (Å²) in [4.78, 5) is 26.1. The molecule has 28 heavy (non-hydrogen) atoms. The van der Waals surface area contributed by atoms with Crippen molar-refractivity contribution in [2.45, 2.75) is 65.4 Å². The van der Waals surface area contributed by atoms with E-state index < -0.39 is 5.97 Å². The van der Waals surface area contributed by atoms with Crippen molar-refractivity contribution in [1.82, 2.24) is 0 Å². The number of carbonyl (C=O) groups is 2. The number of carboxylic acid groups (broad SMARTS) is 1. The molecule has 0 heterocycles. The number of rotatable bonds is 11. The SMILES string of the molecule is CCC(CC)CN(C(=O)C1CCCCC1)c1ccccc1COSCC(=O)O. The predicted molar refractivity (Wildman–Crippen MR) is 114 cm³/mol. The molecule has 0 unspecified atom stereocenters. The number of hydrogen-bond donors (Lipinski definition) is 1. The van der Waals surface area contributed by atoms with E-state index in [2.05, 4.69) is 13.8 Å². The van der Waals surface area contributed by atoms with Crippen LogP contribution in [0.25, 0.3) is 0 Å². The lowest BCUT2D eigenvalue weighted by atomic mass is 9.87. The van der Waals surface area contributed by atoms with E-state index in [0.29, 0.717) is 5.92 Å².